The highest BCUT2D eigenvalue weighted by Crippen LogP contribution is 2.39. The number of carbonyl (C=O) groups excluding carboxylic acids is 2. The summed E-state index contributed by atoms with van der Waals surface area (Å²) < 4.78 is 13.5. The van der Waals surface area contributed by atoms with Gasteiger partial charge in [0.1, 0.15) is 6.61 Å². The van der Waals surface area contributed by atoms with Crippen molar-refractivity contribution < 1.29 is 19.1 Å². The molecule has 2 amide bonds. The topological polar surface area (TPSA) is 79.6 Å². The van der Waals surface area contributed by atoms with Crippen molar-refractivity contribution in [3.05, 3.63) is 96.8 Å². The molecule has 1 fully saturated rings. The summed E-state index contributed by atoms with van der Waals surface area (Å²) in [5, 5.41) is 8.94. The Labute approximate surface area is 230 Å². The number of amides is 2. The number of imide groups is 1. The lowest BCUT2D eigenvalue weighted by Gasteiger charge is -2.15. The van der Waals surface area contributed by atoms with E-state index in [2.05, 4.69) is 37.9 Å². The van der Waals surface area contributed by atoms with E-state index in [1.54, 1.807) is 42.5 Å². The average Bonchev–Trinajstić information content (AvgIpc) is 3.13. The number of hydrogen-bond acceptors (Lipinski definition) is 6. The van der Waals surface area contributed by atoms with E-state index in [0.29, 0.717) is 50.8 Å². The second-order valence-corrected chi connectivity index (χ2v) is 10.5. The first-order valence-corrected chi connectivity index (χ1v) is 13.4. The molecule has 0 atom stereocenters. The summed E-state index contributed by atoms with van der Waals surface area (Å²) in [6.07, 6.45) is 1.66. The second-order valence-electron chi connectivity index (χ2n) is 7.71. The van der Waals surface area contributed by atoms with Gasteiger partial charge in [-0.15, -0.1) is 0 Å². The van der Waals surface area contributed by atoms with Crippen molar-refractivity contribution in [2.24, 2.45) is 0 Å². The third-order valence-electron chi connectivity index (χ3n) is 5.30. The van der Waals surface area contributed by atoms with Gasteiger partial charge in [0.25, 0.3) is 11.1 Å². The molecule has 3 aromatic rings. The van der Waals surface area contributed by atoms with Gasteiger partial charge in [0.05, 0.1) is 29.7 Å². The molecule has 0 N–H and O–H groups in total. The van der Waals surface area contributed by atoms with Gasteiger partial charge in [-0.05, 0) is 71.8 Å². The number of hydrogen-bond donors (Lipinski definition) is 0. The minimum absolute atomic E-state index is 0.0416. The Balaban J connectivity index is 1.56. The van der Waals surface area contributed by atoms with Crippen molar-refractivity contribution in [1.29, 1.82) is 5.26 Å². The summed E-state index contributed by atoms with van der Waals surface area (Å²) in [4.78, 5) is 27.1. The van der Waals surface area contributed by atoms with E-state index in [0.717, 1.165) is 26.7 Å². The predicted molar refractivity (Wildman–Crippen MR) is 146 cm³/mol. The highest BCUT2D eigenvalue weighted by Gasteiger charge is 2.35. The van der Waals surface area contributed by atoms with Crippen LogP contribution in [0, 0.1) is 11.3 Å². The molecule has 0 aliphatic carbocycles. The first kappa shape index (κ1) is 26.0. The number of nitriles is 1. The van der Waals surface area contributed by atoms with E-state index >= 15 is 0 Å². The normalized spacial score (nSPS) is 14.3. The molecule has 9 heteroatoms. The molecule has 0 aromatic heterocycles. The first-order valence-electron chi connectivity index (χ1n) is 11.0. The Kier molecular flexibility index (Phi) is 8.52. The van der Waals surface area contributed by atoms with Gasteiger partial charge >= 0.3 is 0 Å². The predicted octanol–water partition coefficient (Wildman–Crippen LogP) is 7.30. The fraction of sp³-hybridized carbons (Fsp3) is 0.148. The van der Waals surface area contributed by atoms with Crippen LogP contribution in [0.5, 0.6) is 11.5 Å². The Bertz CT molecular complexity index is 1380. The number of carbonyl (C=O) groups is 2. The molecular weight excluding hydrogens is 608 g/mol. The largest absolute Gasteiger partial charge is 0.490 e. The molecule has 36 heavy (non-hydrogen) atoms. The summed E-state index contributed by atoms with van der Waals surface area (Å²) in [5.74, 6) is 0.689. The number of ether oxygens (including phenoxy) is 2. The summed E-state index contributed by atoms with van der Waals surface area (Å²) in [6.45, 7) is 2.72. The fourth-order valence-corrected chi connectivity index (χ4v) is 5.03. The van der Waals surface area contributed by atoms with Crippen molar-refractivity contribution >= 4 is 60.8 Å². The Morgan fingerprint density at radius 2 is 1.75 bits per heavy atom. The average molecular weight is 628 g/mol. The lowest BCUT2D eigenvalue weighted by molar-refractivity contribution is -0.123. The highest BCUT2D eigenvalue weighted by atomic mass is 79.9. The SMILES string of the molecule is CCOc1cc(/C=C2/SC(=O)N(Cc3ccccc3C#N)C2=O)c(Br)cc1OCc1ccc(Br)cc1. The second kappa shape index (κ2) is 11.8. The number of rotatable bonds is 8. The molecule has 1 heterocycles. The Morgan fingerprint density at radius 1 is 1.03 bits per heavy atom. The smallest absolute Gasteiger partial charge is 0.293 e. The molecule has 0 bridgehead atoms. The number of halogens is 2. The van der Waals surface area contributed by atoms with Crippen LogP contribution in [0.3, 0.4) is 0 Å². The quantitative estimate of drug-likeness (QED) is 0.244. The molecule has 0 radical (unpaired) electrons. The fourth-order valence-electron chi connectivity index (χ4n) is 3.50. The number of nitrogens with zero attached hydrogens (tertiary/aromatic N) is 2. The van der Waals surface area contributed by atoms with Gasteiger partial charge in [-0.25, -0.2) is 0 Å². The van der Waals surface area contributed by atoms with Crippen molar-refractivity contribution in [1.82, 2.24) is 4.90 Å². The van der Waals surface area contributed by atoms with Gasteiger partial charge < -0.3 is 9.47 Å². The maximum absolute atomic E-state index is 13.1. The molecule has 182 valence electrons. The van der Waals surface area contributed by atoms with Crippen molar-refractivity contribution in [2.45, 2.75) is 20.1 Å². The molecule has 0 unspecified atom stereocenters. The van der Waals surface area contributed by atoms with Gasteiger partial charge in [0.2, 0.25) is 0 Å². The van der Waals surface area contributed by atoms with E-state index in [9.17, 15) is 14.9 Å². The van der Waals surface area contributed by atoms with Gasteiger partial charge in [-0.2, -0.15) is 5.26 Å². The van der Waals surface area contributed by atoms with E-state index in [1.807, 2.05) is 31.2 Å². The molecule has 1 aliphatic rings. The van der Waals surface area contributed by atoms with Crippen LogP contribution in [-0.2, 0) is 17.9 Å². The zero-order valence-corrected chi connectivity index (χ0v) is 23.2. The standard InChI is InChI=1S/C27H20Br2N2O4S/c1-2-34-23-11-20(22(29)13-24(23)35-16-17-7-9-21(28)10-8-17)12-25-26(32)31(27(33)36-25)15-19-6-4-3-5-18(19)14-30/h3-13H,2,15-16H2,1H3/b25-12+. The summed E-state index contributed by atoms with van der Waals surface area (Å²) in [5.41, 5.74) is 2.74. The van der Waals surface area contributed by atoms with E-state index in [1.165, 1.54) is 0 Å². The molecule has 1 aliphatic heterocycles. The molecular formula is C27H20Br2N2O4S. The Hall–Kier alpha value is -3.06. The Morgan fingerprint density at radius 3 is 2.47 bits per heavy atom. The van der Waals surface area contributed by atoms with Crippen LogP contribution in [0.25, 0.3) is 6.08 Å². The third kappa shape index (κ3) is 6.01. The van der Waals surface area contributed by atoms with Crippen molar-refractivity contribution in [2.75, 3.05) is 6.61 Å². The summed E-state index contributed by atoms with van der Waals surface area (Å²) in [7, 11) is 0. The van der Waals surface area contributed by atoms with Gasteiger partial charge in [-0.1, -0.05) is 62.2 Å². The van der Waals surface area contributed by atoms with Crippen molar-refractivity contribution in [3.63, 3.8) is 0 Å². The van der Waals surface area contributed by atoms with Crippen LogP contribution < -0.4 is 9.47 Å². The zero-order chi connectivity index (χ0) is 25.7. The number of benzene rings is 3. The van der Waals surface area contributed by atoms with Gasteiger partial charge in [0.15, 0.2) is 11.5 Å². The van der Waals surface area contributed by atoms with E-state index < -0.39 is 5.91 Å². The minimum atomic E-state index is -0.404. The molecule has 4 rings (SSSR count). The summed E-state index contributed by atoms with van der Waals surface area (Å²) >= 11 is 7.85. The highest BCUT2D eigenvalue weighted by molar-refractivity contribution is 9.10. The van der Waals surface area contributed by atoms with E-state index in [-0.39, 0.29) is 11.8 Å². The minimum Gasteiger partial charge on any atom is -0.490 e. The van der Waals surface area contributed by atoms with Crippen LogP contribution >= 0.6 is 43.6 Å². The lowest BCUT2D eigenvalue weighted by atomic mass is 10.1. The molecule has 0 saturated carbocycles. The van der Waals surface area contributed by atoms with Crippen LogP contribution in [0.1, 0.15) is 29.2 Å². The maximum atomic E-state index is 13.1. The zero-order valence-electron chi connectivity index (χ0n) is 19.2. The maximum Gasteiger partial charge on any atom is 0.293 e. The third-order valence-corrected chi connectivity index (χ3v) is 7.42. The van der Waals surface area contributed by atoms with Crippen LogP contribution in [0.4, 0.5) is 4.79 Å². The van der Waals surface area contributed by atoms with Crippen LogP contribution in [0.2, 0.25) is 0 Å². The molecule has 3 aromatic carbocycles. The van der Waals surface area contributed by atoms with Crippen LogP contribution in [0.15, 0.2) is 74.5 Å². The van der Waals surface area contributed by atoms with Crippen molar-refractivity contribution in [3.8, 4) is 17.6 Å². The lowest BCUT2D eigenvalue weighted by Crippen LogP contribution is -2.27. The molecule has 6 nitrogen and oxygen atoms in total. The van der Waals surface area contributed by atoms with Crippen LogP contribution in [-0.4, -0.2) is 22.7 Å². The van der Waals surface area contributed by atoms with E-state index in [4.69, 9.17) is 9.47 Å². The molecule has 0 spiro atoms. The van der Waals surface area contributed by atoms with Gasteiger partial charge in [0, 0.05) is 8.95 Å². The summed E-state index contributed by atoms with van der Waals surface area (Å²) in [6, 6.07) is 20.4. The number of thioether (sulfide) groups is 1. The molecule has 1 saturated heterocycles. The first-order chi connectivity index (χ1) is 17.4. The monoisotopic (exact) mass is 626 g/mol. The van der Waals surface area contributed by atoms with Gasteiger partial charge in [-0.3, -0.25) is 14.5 Å².